The number of carbonyl (C=O) groups excluding carboxylic acids is 2. The third kappa shape index (κ3) is 5.28. The zero-order valence-corrected chi connectivity index (χ0v) is 17.3. The summed E-state index contributed by atoms with van der Waals surface area (Å²) in [5, 5.41) is 15.6. The van der Waals surface area contributed by atoms with Gasteiger partial charge < -0.3 is 19.3 Å². The molecular weight excluding hydrogens is 398 g/mol. The Morgan fingerprint density at radius 2 is 1.87 bits per heavy atom. The molecule has 8 heteroatoms. The number of benzene rings is 2. The summed E-state index contributed by atoms with van der Waals surface area (Å²) in [5.41, 5.74) is 2.60. The number of nitriles is 1. The number of hydrogen-bond acceptors (Lipinski definition) is 7. The first-order valence-corrected chi connectivity index (χ1v) is 9.54. The summed E-state index contributed by atoms with van der Waals surface area (Å²) in [6.45, 7) is 5.41. The summed E-state index contributed by atoms with van der Waals surface area (Å²) in [6, 6.07) is 15.0. The highest BCUT2D eigenvalue weighted by Gasteiger charge is 2.20. The van der Waals surface area contributed by atoms with Crippen molar-refractivity contribution in [2.45, 2.75) is 33.5 Å². The highest BCUT2D eigenvalue weighted by molar-refractivity contribution is 5.98. The maximum Gasteiger partial charge on any atom is 0.338 e. The van der Waals surface area contributed by atoms with Crippen molar-refractivity contribution in [2.75, 3.05) is 5.32 Å². The van der Waals surface area contributed by atoms with Crippen LogP contribution in [0.2, 0.25) is 0 Å². The number of ether oxygens (including phenoxy) is 2. The van der Waals surface area contributed by atoms with Crippen LogP contribution in [0.4, 0.5) is 5.69 Å². The van der Waals surface area contributed by atoms with Gasteiger partial charge in [0.25, 0.3) is 5.91 Å². The van der Waals surface area contributed by atoms with Gasteiger partial charge in [-0.25, -0.2) is 4.79 Å². The molecule has 2 aromatic carbocycles. The van der Waals surface area contributed by atoms with Gasteiger partial charge in [0.2, 0.25) is 0 Å². The molecule has 1 amide bonds. The third-order valence-corrected chi connectivity index (χ3v) is 4.61. The lowest BCUT2D eigenvalue weighted by Gasteiger charge is -2.14. The van der Waals surface area contributed by atoms with Gasteiger partial charge in [-0.3, -0.25) is 4.79 Å². The van der Waals surface area contributed by atoms with Crippen molar-refractivity contribution >= 4 is 17.6 Å². The van der Waals surface area contributed by atoms with E-state index >= 15 is 0 Å². The highest BCUT2D eigenvalue weighted by atomic mass is 16.5. The highest BCUT2D eigenvalue weighted by Crippen LogP contribution is 2.19. The summed E-state index contributed by atoms with van der Waals surface area (Å²) in [7, 11) is 0. The number of amides is 1. The number of nitrogens with one attached hydrogen (secondary N) is 1. The summed E-state index contributed by atoms with van der Waals surface area (Å²) in [5.74, 6) is 0.0850. The zero-order chi connectivity index (χ0) is 22.4. The fourth-order valence-electron chi connectivity index (χ4n) is 2.76. The molecule has 0 saturated carbocycles. The molecule has 0 spiro atoms. The molecule has 3 rings (SSSR count). The van der Waals surface area contributed by atoms with Crippen molar-refractivity contribution in [1.82, 2.24) is 5.16 Å². The molecule has 0 fully saturated rings. The first kappa shape index (κ1) is 21.6. The van der Waals surface area contributed by atoms with E-state index in [1.54, 1.807) is 48.5 Å². The minimum Gasteiger partial charge on any atom is -0.489 e. The van der Waals surface area contributed by atoms with Crippen LogP contribution in [-0.2, 0) is 16.1 Å². The molecule has 0 saturated heterocycles. The van der Waals surface area contributed by atoms with Crippen molar-refractivity contribution in [3.05, 3.63) is 76.7 Å². The van der Waals surface area contributed by atoms with Crippen LogP contribution in [0.25, 0.3) is 0 Å². The lowest BCUT2D eigenvalue weighted by molar-refractivity contribution is -0.123. The van der Waals surface area contributed by atoms with Gasteiger partial charge in [-0.05, 0) is 57.2 Å². The Hall–Kier alpha value is -4.12. The van der Waals surface area contributed by atoms with Crippen LogP contribution >= 0.6 is 0 Å². The number of nitrogens with zero attached hydrogens (tertiary/aromatic N) is 2. The fourth-order valence-corrected chi connectivity index (χ4v) is 2.76. The van der Waals surface area contributed by atoms with Crippen molar-refractivity contribution in [3.8, 4) is 11.8 Å². The molecule has 1 N–H and O–H groups in total. The van der Waals surface area contributed by atoms with Gasteiger partial charge in [-0.2, -0.15) is 5.26 Å². The Morgan fingerprint density at radius 3 is 2.52 bits per heavy atom. The summed E-state index contributed by atoms with van der Waals surface area (Å²) in [6.07, 6.45) is -1.05. The van der Waals surface area contributed by atoms with Crippen molar-refractivity contribution in [3.63, 3.8) is 0 Å². The van der Waals surface area contributed by atoms with E-state index in [0.717, 1.165) is 11.3 Å². The summed E-state index contributed by atoms with van der Waals surface area (Å²) >= 11 is 0. The van der Waals surface area contributed by atoms with Crippen molar-refractivity contribution < 1.29 is 23.6 Å². The topological polar surface area (TPSA) is 114 Å². The average Bonchev–Trinajstić information content (AvgIpc) is 3.10. The van der Waals surface area contributed by atoms with Crippen LogP contribution in [0.15, 0.2) is 53.1 Å². The molecule has 1 aromatic heterocycles. The fraction of sp³-hybridized carbons (Fsp3) is 0.217. The van der Waals surface area contributed by atoms with Crippen molar-refractivity contribution in [1.29, 1.82) is 5.26 Å². The number of para-hydroxylation sites is 1. The Labute approximate surface area is 179 Å². The average molecular weight is 419 g/mol. The summed E-state index contributed by atoms with van der Waals surface area (Å²) < 4.78 is 16.1. The minimum atomic E-state index is -1.05. The SMILES string of the molecule is Cc1noc(C)c1COc1ccc(C(=O)O[C@H](C)C(=O)Nc2ccccc2C#N)cc1. The van der Waals surface area contributed by atoms with Gasteiger partial charge in [0.05, 0.1) is 28.1 Å². The molecule has 0 aliphatic heterocycles. The second-order valence-electron chi connectivity index (χ2n) is 6.81. The van der Waals surface area contributed by atoms with E-state index in [0.29, 0.717) is 29.4 Å². The second kappa shape index (κ2) is 9.59. The lowest BCUT2D eigenvalue weighted by atomic mass is 10.2. The van der Waals surface area contributed by atoms with Crippen LogP contribution < -0.4 is 10.1 Å². The van der Waals surface area contributed by atoms with Gasteiger partial charge in [0.1, 0.15) is 24.2 Å². The predicted octanol–water partition coefficient (Wildman–Crippen LogP) is 3.93. The predicted molar refractivity (Wildman–Crippen MR) is 111 cm³/mol. The Balaban J connectivity index is 1.56. The minimum absolute atomic E-state index is 0.279. The van der Waals surface area contributed by atoms with E-state index in [4.69, 9.17) is 19.3 Å². The molecule has 1 heterocycles. The van der Waals surface area contributed by atoms with Crippen LogP contribution in [0.3, 0.4) is 0 Å². The molecule has 1 atom stereocenters. The number of rotatable bonds is 7. The van der Waals surface area contributed by atoms with E-state index in [2.05, 4.69) is 10.5 Å². The van der Waals surface area contributed by atoms with Crippen LogP contribution in [0, 0.1) is 25.2 Å². The Bertz CT molecular complexity index is 1110. The number of aromatic nitrogens is 1. The number of aryl methyl sites for hydroxylation is 2. The molecule has 158 valence electrons. The first-order chi connectivity index (χ1) is 14.9. The number of esters is 1. The third-order valence-electron chi connectivity index (χ3n) is 4.61. The van der Waals surface area contributed by atoms with Gasteiger partial charge >= 0.3 is 5.97 Å². The molecule has 0 aliphatic rings. The number of carbonyl (C=O) groups is 2. The Kier molecular flexibility index (Phi) is 6.67. The molecule has 8 nitrogen and oxygen atoms in total. The van der Waals surface area contributed by atoms with Crippen LogP contribution in [0.1, 0.15) is 39.9 Å². The Morgan fingerprint density at radius 1 is 1.16 bits per heavy atom. The normalized spacial score (nSPS) is 11.3. The molecule has 3 aromatic rings. The van der Waals surface area contributed by atoms with E-state index < -0.39 is 18.0 Å². The maximum atomic E-state index is 12.4. The van der Waals surface area contributed by atoms with Gasteiger partial charge in [0, 0.05) is 0 Å². The summed E-state index contributed by atoms with van der Waals surface area (Å²) in [4.78, 5) is 24.7. The molecule has 0 unspecified atom stereocenters. The first-order valence-electron chi connectivity index (χ1n) is 9.54. The van der Waals surface area contributed by atoms with E-state index in [1.807, 2.05) is 19.9 Å². The molecule has 0 aliphatic carbocycles. The molecular formula is C23H21N3O5. The van der Waals surface area contributed by atoms with Gasteiger partial charge in [-0.1, -0.05) is 17.3 Å². The lowest BCUT2D eigenvalue weighted by Crippen LogP contribution is -2.30. The van der Waals surface area contributed by atoms with E-state index in [-0.39, 0.29) is 5.56 Å². The second-order valence-corrected chi connectivity index (χ2v) is 6.81. The smallest absolute Gasteiger partial charge is 0.338 e. The maximum absolute atomic E-state index is 12.4. The van der Waals surface area contributed by atoms with Crippen LogP contribution in [0.5, 0.6) is 5.75 Å². The molecule has 31 heavy (non-hydrogen) atoms. The number of hydrogen-bond donors (Lipinski definition) is 1. The van der Waals surface area contributed by atoms with Crippen molar-refractivity contribution in [2.24, 2.45) is 0 Å². The van der Waals surface area contributed by atoms with E-state index in [9.17, 15) is 9.59 Å². The van der Waals surface area contributed by atoms with Gasteiger partial charge in [-0.15, -0.1) is 0 Å². The quantitative estimate of drug-likeness (QED) is 0.577. The largest absolute Gasteiger partial charge is 0.489 e. The van der Waals surface area contributed by atoms with E-state index in [1.165, 1.54) is 6.92 Å². The molecule has 0 radical (unpaired) electrons. The van der Waals surface area contributed by atoms with Crippen LogP contribution in [-0.4, -0.2) is 23.1 Å². The standard InChI is InChI=1S/C23H21N3O5/c1-14-20(15(2)31-26-14)13-29-19-10-8-17(9-11-19)23(28)30-16(3)22(27)25-21-7-5-4-6-18(21)12-24/h4-11,16H,13H2,1-3H3,(H,25,27)/t16-/m1/s1. The molecule has 0 bridgehead atoms. The number of anilines is 1. The van der Waals surface area contributed by atoms with Gasteiger partial charge in [0.15, 0.2) is 6.10 Å². The monoisotopic (exact) mass is 419 g/mol. The zero-order valence-electron chi connectivity index (χ0n) is 17.3.